The molecule has 1 saturated heterocycles. The Balaban J connectivity index is 2.10. The largest absolute Gasteiger partial charge is 0.476 e. The van der Waals surface area contributed by atoms with E-state index in [9.17, 15) is 9.90 Å². The topological polar surface area (TPSA) is 77.2 Å². The van der Waals surface area contributed by atoms with E-state index < -0.39 is 5.97 Å². The Morgan fingerprint density at radius 3 is 2.75 bits per heavy atom. The maximum Gasteiger partial charge on any atom is 0.358 e. The van der Waals surface area contributed by atoms with Gasteiger partial charge in [-0.25, -0.2) is 9.48 Å². The number of hydrogen-bond acceptors (Lipinski definition) is 4. The fourth-order valence-corrected chi connectivity index (χ4v) is 2.42. The lowest BCUT2D eigenvalue weighted by molar-refractivity contribution is 0.0673. The van der Waals surface area contributed by atoms with Gasteiger partial charge in [-0.05, 0) is 37.1 Å². The second-order valence-electron chi connectivity index (χ2n) is 4.52. The van der Waals surface area contributed by atoms with Gasteiger partial charge in [0, 0.05) is 11.6 Å². The molecule has 0 unspecified atom stereocenters. The van der Waals surface area contributed by atoms with Gasteiger partial charge in [0.25, 0.3) is 0 Å². The fourth-order valence-electron chi connectivity index (χ4n) is 2.30. The number of carboxylic acid groups (broad SMARTS) is 1. The summed E-state index contributed by atoms with van der Waals surface area (Å²) in [5, 5.41) is 17.5. The van der Waals surface area contributed by atoms with Crippen molar-refractivity contribution in [3.63, 3.8) is 0 Å². The average molecular weight is 294 g/mol. The minimum atomic E-state index is -1.10. The lowest BCUT2D eigenvalue weighted by Crippen LogP contribution is -2.11. The zero-order valence-corrected chi connectivity index (χ0v) is 11.2. The molecule has 1 aromatic carbocycles. The van der Waals surface area contributed by atoms with E-state index in [1.54, 1.807) is 24.3 Å². The zero-order valence-electron chi connectivity index (χ0n) is 10.5. The number of aromatic carboxylic acids is 1. The number of aromatic nitrogens is 3. The summed E-state index contributed by atoms with van der Waals surface area (Å²) >= 11 is 5.86. The summed E-state index contributed by atoms with van der Waals surface area (Å²) in [6.45, 7) is 0.621. The molecule has 1 atom stereocenters. The highest BCUT2D eigenvalue weighted by Crippen LogP contribution is 2.31. The molecule has 6 nitrogen and oxygen atoms in total. The Morgan fingerprint density at radius 2 is 2.15 bits per heavy atom. The van der Waals surface area contributed by atoms with Crippen LogP contribution in [-0.4, -0.2) is 32.7 Å². The third-order valence-electron chi connectivity index (χ3n) is 3.21. The summed E-state index contributed by atoms with van der Waals surface area (Å²) in [4.78, 5) is 11.3. The molecule has 1 aliphatic rings. The monoisotopic (exact) mass is 293 g/mol. The molecule has 104 valence electrons. The quantitative estimate of drug-likeness (QED) is 0.940. The average Bonchev–Trinajstić information content (AvgIpc) is 3.08. The SMILES string of the molecule is O=C(O)c1nnn(-c2ccc(Cl)cc2)c1[C@@H]1CCCO1. The van der Waals surface area contributed by atoms with Crippen LogP contribution < -0.4 is 0 Å². The third-order valence-corrected chi connectivity index (χ3v) is 3.47. The molecule has 7 heteroatoms. The maximum atomic E-state index is 11.3. The van der Waals surface area contributed by atoms with E-state index >= 15 is 0 Å². The van der Waals surface area contributed by atoms with Crippen molar-refractivity contribution in [1.29, 1.82) is 0 Å². The number of nitrogens with zero attached hydrogens (tertiary/aromatic N) is 3. The molecule has 2 heterocycles. The van der Waals surface area contributed by atoms with E-state index in [2.05, 4.69) is 10.3 Å². The Hall–Kier alpha value is -1.92. The smallest absolute Gasteiger partial charge is 0.358 e. The van der Waals surface area contributed by atoms with Crippen molar-refractivity contribution < 1.29 is 14.6 Å². The summed E-state index contributed by atoms with van der Waals surface area (Å²) in [6.07, 6.45) is 1.38. The molecule has 1 aliphatic heterocycles. The summed E-state index contributed by atoms with van der Waals surface area (Å²) in [5.74, 6) is -1.10. The number of rotatable bonds is 3. The van der Waals surface area contributed by atoms with Gasteiger partial charge in [0.05, 0.1) is 5.69 Å². The molecule has 0 spiro atoms. The van der Waals surface area contributed by atoms with Crippen molar-refractivity contribution in [3.05, 3.63) is 40.7 Å². The van der Waals surface area contributed by atoms with Crippen LogP contribution in [0.2, 0.25) is 5.02 Å². The van der Waals surface area contributed by atoms with Crippen molar-refractivity contribution in [1.82, 2.24) is 15.0 Å². The predicted octanol–water partition coefficient (Wildman–Crippen LogP) is 2.47. The van der Waals surface area contributed by atoms with Gasteiger partial charge in [-0.1, -0.05) is 16.8 Å². The van der Waals surface area contributed by atoms with Crippen LogP contribution in [0.3, 0.4) is 0 Å². The zero-order chi connectivity index (χ0) is 14.1. The molecule has 1 N–H and O–H groups in total. The molecule has 0 bridgehead atoms. The van der Waals surface area contributed by atoms with Crippen LogP contribution in [0.1, 0.15) is 35.1 Å². The van der Waals surface area contributed by atoms with Crippen LogP contribution in [0.25, 0.3) is 5.69 Å². The Kier molecular flexibility index (Phi) is 3.42. The molecule has 1 fully saturated rings. The highest BCUT2D eigenvalue weighted by Gasteiger charge is 2.30. The second kappa shape index (κ2) is 5.22. The van der Waals surface area contributed by atoms with Gasteiger partial charge in [0.2, 0.25) is 0 Å². The van der Waals surface area contributed by atoms with Gasteiger partial charge < -0.3 is 9.84 Å². The number of hydrogen-bond donors (Lipinski definition) is 1. The summed E-state index contributed by atoms with van der Waals surface area (Å²) in [6, 6.07) is 6.97. The minimum Gasteiger partial charge on any atom is -0.476 e. The van der Waals surface area contributed by atoms with Gasteiger partial charge in [-0.3, -0.25) is 0 Å². The summed E-state index contributed by atoms with van der Waals surface area (Å²) in [7, 11) is 0. The van der Waals surface area contributed by atoms with Gasteiger partial charge in [0.15, 0.2) is 5.69 Å². The Bertz CT molecular complexity index is 633. The third kappa shape index (κ3) is 2.28. The minimum absolute atomic E-state index is 0.0631. The first-order chi connectivity index (χ1) is 9.66. The number of ether oxygens (including phenoxy) is 1. The highest BCUT2D eigenvalue weighted by molar-refractivity contribution is 6.30. The molecule has 0 saturated carbocycles. The van der Waals surface area contributed by atoms with Crippen molar-refractivity contribution in [2.24, 2.45) is 0 Å². The lowest BCUT2D eigenvalue weighted by Gasteiger charge is -2.12. The molecule has 0 radical (unpaired) electrons. The molecule has 1 aromatic heterocycles. The molecule has 0 amide bonds. The van der Waals surface area contributed by atoms with E-state index in [0.29, 0.717) is 23.0 Å². The Morgan fingerprint density at radius 1 is 1.40 bits per heavy atom. The second-order valence-corrected chi connectivity index (χ2v) is 4.95. The number of carboxylic acids is 1. The molecule has 0 aliphatic carbocycles. The first-order valence-corrected chi connectivity index (χ1v) is 6.61. The standard InChI is InChI=1S/C13H12ClN3O3/c14-8-3-5-9(6-4-8)17-12(10-2-1-7-20-10)11(13(18)19)15-16-17/h3-6,10H,1-2,7H2,(H,18,19)/t10-/m0/s1. The van der Waals surface area contributed by atoms with E-state index in [4.69, 9.17) is 16.3 Å². The van der Waals surface area contributed by atoms with E-state index in [-0.39, 0.29) is 11.8 Å². The van der Waals surface area contributed by atoms with Crippen molar-refractivity contribution in [2.45, 2.75) is 18.9 Å². The van der Waals surface area contributed by atoms with Crippen LogP contribution in [-0.2, 0) is 4.74 Å². The molecular weight excluding hydrogens is 282 g/mol. The van der Waals surface area contributed by atoms with Crippen LogP contribution in [0, 0.1) is 0 Å². The van der Waals surface area contributed by atoms with E-state index in [1.807, 2.05) is 0 Å². The van der Waals surface area contributed by atoms with Crippen LogP contribution >= 0.6 is 11.6 Å². The summed E-state index contributed by atoms with van der Waals surface area (Å²) < 4.78 is 7.09. The first kappa shape index (κ1) is 13.1. The van der Waals surface area contributed by atoms with Crippen molar-refractivity contribution in [2.75, 3.05) is 6.61 Å². The van der Waals surface area contributed by atoms with E-state index in [0.717, 1.165) is 12.8 Å². The van der Waals surface area contributed by atoms with Gasteiger partial charge in [-0.2, -0.15) is 0 Å². The van der Waals surface area contributed by atoms with E-state index in [1.165, 1.54) is 4.68 Å². The molecule has 2 aromatic rings. The van der Waals surface area contributed by atoms with Crippen LogP contribution in [0.5, 0.6) is 0 Å². The van der Waals surface area contributed by atoms with Gasteiger partial charge >= 0.3 is 5.97 Å². The number of benzene rings is 1. The summed E-state index contributed by atoms with van der Waals surface area (Å²) in [5.41, 5.74) is 1.13. The van der Waals surface area contributed by atoms with Gasteiger partial charge in [-0.15, -0.1) is 5.10 Å². The van der Waals surface area contributed by atoms with Crippen LogP contribution in [0.15, 0.2) is 24.3 Å². The van der Waals surface area contributed by atoms with Crippen LogP contribution in [0.4, 0.5) is 0 Å². The van der Waals surface area contributed by atoms with Crippen molar-refractivity contribution in [3.8, 4) is 5.69 Å². The van der Waals surface area contributed by atoms with Crippen molar-refractivity contribution >= 4 is 17.6 Å². The lowest BCUT2D eigenvalue weighted by atomic mass is 10.1. The molecule has 3 rings (SSSR count). The highest BCUT2D eigenvalue weighted by atomic mass is 35.5. The number of carbonyl (C=O) groups is 1. The fraction of sp³-hybridized carbons (Fsp3) is 0.308. The van der Waals surface area contributed by atoms with Gasteiger partial charge in [0.1, 0.15) is 11.8 Å². The number of halogens is 1. The maximum absolute atomic E-state index is 11.3. The predicted molar refractivity (Wildman–Crippen MR) is 71.3 cm³/mol. The Labute approximate surface area is 119 Å². The molecule has 20 heavy (non-hydrogen) atoms. The molecular formula is C13H12ClN3O3. The first-order valence-electron chi connectivity index (χ1n) is 6.23. The normalized spacial score (nSPS) is 18.4.